The summed E-state index contributed by atoms with van der Waals surface area (Å²) in [5.74, 6) is -0.799. The standard InChI is InChI=1S/C14H12O2.Mg.2H/c15-14(16)10-11-6-8-13(9-7-11)12-4-2-1-3-5-12;;;/h1-9H,10H2,(H,15,16);;;. The van der Waals surface area contributed by atoms with Crippen LogP contribution in [0.1, 0.15) is 5.56 Å². The molecule has 0 aliphatic rings. The smallest absolute Gasteiger partial charge is 0.316 e. The molecule has 0 radical (unpaired) electrons. The third-order valence-electron chi connectivity index (χ3n) is 2.42. The van der Waals surface area contributed by atoms with Crippen LogP contribution in [0.2, 0.25) is 0 Å². The number of hydrogen-bond acceptors (Lipinski definition) is 1. The Hall–Kier alpha value is -1.32. The maximum Gasteiger partial charge on any atom is 0.316 e. The summed E-state index contributed by atoms with van der Waals surface area (Å²) in [7, 11) is 0. The van der Waals surface area contributed by atoms with Crippen LogP contribution >= 0.6 is 0 Å². The zero-order chi connectivity index (χ0) is 11.4. The van der Waals surface area contributed by atoms with Gasteiger partial charge in [0.15, 0.2) is 0 Å². The van der Waals surface area contributed by atoms with Gasteiger partial charge in [0.05, 0.1) is 6.42 Å². The fourth-order valence-electron chi connectivity index (χ4n) is 1.62. The molecule has 3 heteroatoms. The Bertz CT molecular complexity index is 477. The summed E-state index contributed by atoms with van der Waals surface area (Å²) in [6, 6.07) is 17.6. The van der Waals surface area contributed by atoms with Crippen LogP contribution in [0.25, 0.3) is 11.1 Å². The molecular formula is C14H14MgO2. The van der Waals surface area contributed by atoms with Crippen LogP contribution in [-0.2, 0) is 11.2 Å². The molecule has 0 heterocycles. The molecular weight excluding hydrogens is 224 g/mol. The van der Waals surface area contributed by atoms with Crippen molar-refractivity contribution in [3.05, 3.63) is 60.2 Å². The number of aliphatic carboxylic acids is 1. The van der Waals surface area contributed by atoms with E-state index in [1.165, 1.54) is 0 Å². The highest BCUT2D eigenvalue weighted by Crippen LogP contribution is 2.19. The quantitative estimate of drug-likeness (QED) is 0.831. The fourth-order valence-corrected chi connectivity index (χ4v) is 1.62. The fraction of sp³-hybridized carbons (Fsp3) is 0.0714. The summed E-state index contributed by atoms with van der Waals surface area (Å²) in [5.41, 5.74) is 3.08. The molecule has 84 valence electrons. The van der Waals surface area contributed by atoms with Crippen LogP contribution < -0.4 is 0 Å². The first-order valence-electron chi connectivity index (χ1n) is 5.12. The maximum absolute atomic E-state index is 10.5. The summed E-state index contributed by atoms with van der Waals surface area (Å²) in [6.07, 6.45) is 0.0784. The third kappa shape index (κ3) is 3.87. The zero-order valence-corrected chi connectivity index (χ0v) is 8.76. The lowest BCUT2D eigenvalue weighted by molar-refractivity contribution is -0.136. The number of carbonyl (C=O) groups is 1. The van der Waals surface area contributed by atoms with Gasteiger partial charge in [-0.3, -0.25) is 4.79 Å². The molecule has 0 bridgehead atoms. The van der Waals surface area contributed by atoms with Crippen molar-refractivity contribution >= 4 is 29.0 Å². The molecule has 2 nitrogen and oxygen atoms in total. The van der Waals surface area contributed by atoms with Gasteiger partial charge in [0.1, 0.15) is 0 Å². The first-order chi connectivity index (χ1) is 7.75. The highest BCUT2D eigenvalue weighted by Gasteiger charge is 2.01. The predicted octanol–water partition coefficient (Wildman–Crippen LogP) is 2.06. The molecule has 0 atom stereocenters. The molecule has 2 aromatic rings. The van der Waals surface area contributed by atoms with Crippen molar-refractivity contribution in [2.45, 2.75) is 6.42 Å². The van der Waals surface area contributed by atoms with Crippen LogP contribution in [0.15, 0.2) is 54.6 Å². The SMILES string of the molecule is O=C(O)Cc1ccc(-c2ccccc2)cc1.[MgH2]. The molecule has 0 spiro atoms. The van der Waals surface area contributed by atoms with E-state index >= 15 is 0 Å². The average Bonchev–Trinajstić information content (AvgIpc) is 2.30. The average molecular weight is 239 g/mol. The minimum Gasteiger partial charge on any atom is -0.481 e. The second-order valence-corrected chi connectivity index (χ2v) is 3.63. The molecule has 0 unspecified atom stereocenters. The summed E-state index contributed by atoms with van der Waals surface area (Å²) in [4.78, 5) is 10.5. The molecule has 2 aromatic carbocycles. The lowest BCUT2D eigenvalue weighted by Gasteiger charge is -2.02. The van der Waals surface area contributed by atoms with Crippen LogP contribution in [0.3, 0.4) is 0 Å². The van der Waals surface area contributed by atoms with Crippen molar-refractivity contribution in [3.63, 3.8) is 0 Å². The van der Waals surface area contributed by atoms with E-state index in [1.54, 1.807) is 0 Å². The van der Waals surface area contributed by atoms with E-state index in [9.17, 15) is 4.79 Å². The van der Waals surface area contributed by atoms with Gasteiger partial charge in [-0.05, 0) is 16.7 Å². The van der Waals surface area contributed by atoms with Gasteiger partial charge in [0.25, 0.3) is 0 Å². The molecule has 0 amide bonds. The Labute approximate surface area is 116 Å². The highest BCUT2D eigenvalue weighted by atomic mass is 24.3. The first kappa shape index (κ1) is 13.7. The van der Waals surface area contributed by atoms with Gasteiger partial charge in [-0.1, -0.05) is 54.6 Å². The summed E-state index contributed by atoms with van der Waals surface area (Å²) >= 11 is 0. The molecule has 0 saturated carbocycles. The van der Waals surface area contributed by atoms with Gasteiger partial charge in [-0.15, -0.1) is 0 Å². The van der Waals surface area contributed by atoms with E-state index in [0.717, 1.165) is 16.7 Å². The van der Waals surface area contributed by atoms with Crippen molar-refractivity contribution in [2.75, 3.05) is 0 Å². The second kappa shape index (κ2) is 6.42. The van der Waals surface area contributed by atoms with Gasteiger partial charge in [-0.2, -0.15) is 0 Å². The lowest BCUT2D eigenvalue weighted by Crippen LogP contribution is -1.99. The number of carboxylic acid groups (broad SMARTS) is 1. The Morgan fingerprint density at radius 1 is 0.882 bits per heavy atom. The Kier molecular flexibility index (Phi) is 5.19. The summed E-state index contributed by atoms with van der Waals surface area (Å²) < 4.78 is 0. The lowest BCUT2D eigenvalue weighted by atomic mass is 10.0. The molecule has 17 heavy (non-hydrogen) atoms. The second-order valence-electron chi connectivity index (χ2n) is 3.63. The van der Waals surface area contributed by atoms with Crippen LogP contribution in [0.5, 0.6) is 0 Å². The molecule has 2 rings (SSSR count). The van der Waals surface area contributed by atoms with E-state index in [4.69, 9.17) is 5.11 Å². The van der Waals surface area contributed by atoms with Gasteiger partial charge < -0.3 is 5.11 Å². The van der Waals surface area contributed by atoms with Gasteiger partial charge in [0, 0.05) is 0 Å². The van der Waals surface area contributed by atoms with E-state index in [2.05, 4.69) is 0 Å². The highest BCUT2D eigenvalue weighted by molar-refractivity contribution is 5.75. The molecule has 0 aliphatic carbocycles. The Morgan fingerprint density at radius 3 is 1.94 bits per heavy atom. The number of benzene rings is 2. The topological polar surface area (TPSA) is 37.3 Å². The van der Waals surface area contributed by atoms with E-state index in [-0.39, 0.29) is 29.5 Å². The summed E-state index contributed by atoms with van der Waals surface area (Å²) in [5, 5.41) is 8.65. The first-order valence-corrected chi connectivity index (χ1v) is 5.12. The van der Waals surface area contributed by atoms with Crippen molar-refractivity contribution in [3.8, 4) is 11.1 Å². The van der Waals surface area contributed by atoms with Gasteiger partial charge >= 0.3 is 29.0 Å². The summed E-state index contributed by atoms with van der Waals surface area (Å²) in [6.45, 7) is 0. The molecule has 0 fully saturated rings. The largest absolute Gasteiger partial charge is 0.481 e. The number of hydrogen-bond donors (Lipinski definition) is 1. The molecule has 0 aromatic heterocycles. The Balaban J connectivity index is 0.00000144. The number of rotatable bonds is 3. The maximum atomic E-state index is 10.5. The van der Waals surface area contributed by atoms with Crippen molar-refractivity contribution in [2.24, 2.45) is 0 Å². The Morgan fingerprint density at radius 2 is 1.41 bits per heavy atom. The van der Waals surface area contributed by atoms with Crippen molar-refractivity contribution in [1.29, 1.82) is 0 Å². The third-order valence-corrected chi connectivity index (χ3v) is 2.42. The van der Waals surface area contributed by atoms with Crippen LogP contribution in [0, 0.1) is 0 Å². The monoisotopic (exact) mass is 238 g/mol. The van der Waals surface area contributed by atoms with Crippen LogP contribution in [0.4, 0.5) is 0 Å². The minimum atomic E-state index is -0.799. The van der Waals surface area contributed by atoms with Crippen molar-refractivity contribution in [1.82, 2.24) is 0 Å². The van der Waals surface area contributed by atoms with Crippen molar-refractivity contribution < 1.29 is 9.90 Å². The van der Waals surface area contributed by atoms with E-state index in [1.807, 2.05) is 54.6 Å². The van der Waals surface area contributed by atoms with Crippen LogP contribution in [-0.4, -0.2) is 34.1 Å². The zero-order valence-electron chi connectivity index (χ0n) is 8.76. The predicted molar refractivity (Wildman–Crippen MR) is 71.8 cm³/mol. The van der Waals surface area contributed by atoms with Gasteiger partial charge in [0.2, 0.25) is 0 Å². The molecule has 1 N–H and O–H groups in total. The minimum absolute atomic E-state index is 0. The normalized spacial score (nSPS) is 9.41. The van der Waals surface area contributed by atoms with Gasteiger partial charge in [-0.25, -0.2) is 0 Å². The molecule has 0 aliphatic heterocycles. The molecule has 0 saturated heterocycles. The van der Waals surface area contributed by atoms with E-state index < -0.39 is 5.97 Å². The van der Waals surface area contributed by atoms with E-state index in [0.29, 0.717) is 0 Å². The number of carboxylic acids is 1.